The maximum atomic E-state index is 11.8. The van der Waals surface area contributed by atoms with E-state index in [2.05, 4.69) is 0 Å². The Morgan fingerprint density at radius 3 is 2.10 bits per heavy atom. The monoisotopic (exact) mass is 286 g/mol. The Bertz CT molecular complexity index is 597. The first-order chi connectivity index (χ1) is 10.1. The molecule has 0 spiro atoms. The minimum Gasteiger partial charge on any atom is -0.497 e. The van der Waals surface area contributed by atoms with Crippen molar-refractivity contribution < 1.29 is 19.0 Å². The zero-order valence-electron chi connectivity index (χ0n) is 12.4. The summed E-state index contributed by atoms with van der Waals surface area (Å²) in [5, 5.41) is 0. The number of aryl methyl sites for hydroxylation is 2. The van der Waals surface area contributed by atoms with Crippen LogP contribution in [0.1, 0.15) is 11.1 Å². The van der Waals surface area contributed by atoms with Crippen molar-refractivity contribution in [3.8, 4) is 17.2 Å². The second-order valence-electron chi connectivity index (χ2n) is 4.66. The van der Waals surface area contributed by atoms with Crippen molar-refractivity contribution in [2.75, 3.05) is 13.7 Å². The fourth-order valence-corrected chi connectivity index (χ4v) is 1.96. The summed E-state index contributed by atoms with van der Waals surface area (Å²) >= 11 is 0. The fourth-order valence-electron chi connectivity index (χ4n) is 1.96. The highest BCUT2D eigenvalue weighted by Gasteiger charge is 2.09. The molecule has 0 aliphatic carbocycles. The molecule has 110 valence electrons. The van der Waals surface area contributed by atoms with Crippen LogP contribution in [-0.2, 0) is 4.79 Å². The maximum absolute atomic E-state index is 11.8. The van der Waals surface area contributed by atoms with Gasteiger partial charge in [0.15, 0.2) is 6.61 Å². The van der Waals surface area contributed by atoms with E-state index < -0.39 is 5.97 Å². The van der Waals surface area contributed by atoms with Crippen LogP contribution in [0.5, 0.6) is 17.2 Å². The van der Waals surface area contributed by atoms with E-state index in [-0.39, 0.29) is 6.61 Å². The minimum absolute atomic E-state index is 0.127. The van der Waals surface area contributed by atoms with E-state index >= 15 is 0 Å². The highest BCUT2D eigenvalue weighted by molar-refractivity contribution is 5.74. The van der Waals surface area contributed by atoms with Crippen molar-refractivity contribution in [3.05, 3.63) is 53.6 Å². The van der Waals surface area contributed by atoms with Crippen molar-refractivity contribution in [2.45, 2.75) is 13.8 Å². The number of ether oxygens (including phenoxy) is 3. The second kappa shape index (κ2) is 6.79. The zero-order chi connectivity index (χ0) is 15.2. The number of carbonyl (C=O) groups is 1. The first kappa shape index (κ1) is 14.9. The van der Waals surface area contributed by atoms with E-state index in [0.29, 0.717) is 11.5 Å². The SMILES string of the molecule is COc1ccc(OC(=O)COc2c(C)cccc2C)cc1. The molecule has 0 radical (unpaired) electrons. The predicted molar refractivity (Wildman–Crippen MR) is 80.0 cm³/mol. The highest BCUT2D eigenvalue weighted by Crippen LogP contribution is 2.22. The van der Waals surface area contributed by atoms with Gasteiger partial charge in [-0.05, 0) is 49.2 Å². The lowest BCUT2D eigenvalue weighted by molar-refractivity contribution is -0.136. The summed E-state index contributed by atoms with van der Waals surface area (Å²) in [4.78, 5) is 11.8. The van der Waals surface area contributed by atoms with Gasteiger partial charge in [-0.15, -0.1) is 0 Å². The summed E-state index contributed by atoms with van der Waals surface area (Å²) in [6.07, 6.45) is 0. The number of hydrogen-bond acceptors (Lipinski definition) is 4. The zero-order valence-corrected chi connectivity index (χ0v) is 12.4. The number of para-hydroxylation sites is 1. The van der Waals surface area contributed by atoms with Crippen LogP contribution in [0.4, 0.5) is 0 Å². The van der Waals surface area contributed by atoms with Gasteiger partial charge in [0.2, 0.25) is 0 Å². The Labute approximate surface area is 124 Å². The molecular weight excluding hydrogens is 268 g/mol. The molecule has 0 saturated heterocycles. The molecule has 0 aromatic heterocycles. The number of methoxy groups -OCH3 is 1. The van der Waals surface area contributed by atoms with E-state index in [4.69, 9.17) is 14.2 Å². The van der Waals surface area contributed by atoms with Gasteiger partial charge in [0, 0.05) is 0 Å². The summed E-state index contributed by atoms with van der Waals surface area (Å²) in [6, 6.07) is 12.6. The van der Waals surface area contributed by atoms with Crippen LogP contribution in [0, 0.1) is 13.8 Å². The molecule has 0 bridgehead atoms. The van der Waals surface area contributed by atoms with Gasteiger partial charge in [0.25, 0.3) is 0 Å². The van der Waals surface area contributed by atoms with Gasteiger partial charge in [0.05, 0.1) is 7.11 Å². The molecule has 4 heteroatoms. The van der Waals surface area contributed by atoms with Gasteiger partial charge in [0.1, 0.15) is 17.2 Å². The number of esters is 1. The third-order valence-electron chi connectivity index (χ3n) is 3.03. The number of rotatable bonds is 5. The normalized spacial score (nSPS) is 10.0. The van der Waals surface area contributed by atoms with Crippen LogP contribution in [0.25, 0.3) is 0 Å². The molecule has 0 unspecified atom stereocenters. The summed E-state index contributed by atoms with van der Waals surface area (Å²) in [6.45, 7) is 3.76. The van der Waals surface area contributed by atoms with Gasteiger partial charge in [-0.3, -0.25) is 0 Å². The van der Waals surface area contributed by atoms with Gasteiger partial charge in [-0.2, -0.15) is 0 Å². The average molecular weight is 286 g/mol. The molecule has 4 nitrogen and oxygen atoms in total. The van der Waals surface area contributed by atoms with E-state index in [0.717, 1.165) is 16.9 Å². The Morgan fingerprint density at radius 2 is 1.52 bits per heavy atom. The Hall–Kier alpha value is -2.49. The van der Waals surface area contributed by atoms with Crippen LogP contribution in [-0.4, -0.2) is 19.7 Å². The van der Waals surface area contributed by atoms with E-state index in [1.807, 2.05) is 32.0 Å². The average Bonchev–Trinajstić information content (AvgIpc) is 2.47. The van der Waals surface area contributed by atoms with Crippen LogP contribution in [0.15, 0.2) is 42.5 Å². The van der Waals surface area contributed by atoms with Crippen LogP contribution >= 0.6 is 0 Å². The number of benzene rings is 2. The van der Waals surface area contributed by atoms with E-state index in [1.54, 1.807) is 31.4 Å². The molecule has 0 N–H and O–H groups in total. The Kier molecular flexibility index (Phi) is 4.82. The summed E-state index contributed by atoms with van der Waals surface area (Å²) in [7, 11) is 1.58. The molecule has 0 aliphatic rings. The number of hydrogen-bond donors (Lipinski definition) is 0. The van der Waals surface area contributed by atoms with Crippen molar-refractivity contribution in [3.63, 3.8) is 0 Å². The fraction of sp³-hybridized carbons (Fsp3) is 0.235. The molecule has 2 rings (SSSR count). The summed E-state index contributed by atoms with van der Waals surface area (Å²) in [5.41, 5.74) is 1.99. The molecule has 2 aromatic carbocycles. The second-order valence-corrected chi connectivity index (χ2v) is 4.66. The third-order valence-corrected chi connectivity index (χ3v) is 3.03. The van der Waals surface area contributed by atoms with Crippen molar-refractivity contribution in [1.82, 2.24) is 0 Å². The summed E-state index contributed by atoms with van der Waals surface area (Å²) < 4.78 is 15.8. The Balaban J connectivity index is 1.92. The van der Waals surface area contributed by atoms with Crippen LogP contribution < -0.4 is 14.2 Å². The van der Waals surface area contributed by atoms with Crippen molar-refractivity contribution >= 4 is 5.97 Å². The lowest BCUT2D eigenvalue weighted by Gasteiger charge is -2.11. The first-order valence-corrected chi connectivity index (χ1v) is 6.64. The molecule has 0 atom stereocenters. The largest absolute Gasteiger partial charge is 0.497 e. The molecular formula is C17H18O4. The van der Waals surface area contributed by atoms with Crippen LogP contribution in [0.3, 0.4) is 0 Å². The molecule has 0 heterocycles. The van der Waals surface area contributed by atoms with E-state index in [9.17, 15) is 4.79 Å². The number of carbonyl (C=O) groups excluding carboxylic acids is 1. The first-order valence-electron chi connectivity index (χ1n) is 6.64. The molecule has 0 amide bonds. The molecule has 0 aliphatic heterocycles. The standard InChI is InChI=1S/C17H18O4/c1-12-5-4-6-13(2)17(12)20-11-16(18)21-15-9-7-14(19-3)8-10-15/h4-10H,11H2,1-3H3. The lowest BCUT2D eigenvalue weighted by atomic mass is 10.1. The van der Waals surface area contributed by atoms with E-state index in [1.165, 1.54) is 0 Å². The lowest BCUT2D eigenvalue weighted by Crippen LogP contribution is -2.18. The quantitative estimate of drug-likeness (QED) is 0.625. The third kappa shape index (κ3) is 3.99. The summed E-state index contributed by atoms with van der Waals surface area (Å²) in [5.74, 6) is 1.46. The minimum atomic E-state index is -0.442. The van der Waals surface area contributed by atoms with Crippen molar-refractivity contribution in [1.29, 1.82) is 0 Å². The smallest absolute Gasteiger partial charge is 0.349 e. The molecule has 0 saturated carbocycles. The predicted octanol–water partition coefficient (Wildman–Crippen LogP) is 3.30. The highest BCUT2D eigenvalue weighted by atomic mass is 16.6. The molecule has 2 aromatic rings. The maximum Gasteiger partial charge on any atom is 0.349 e. The van der Waals surface area contributed by atoms with Gasteiger partial charge < -0.3 is 14.2 Å². The van der Waals surface area contributed by atoms with Gasteiger partial charge in [-0.1, -0.05) is 18.2 Å². The Morgan fingerprint density at radius 1 is 0.952 bits per heavy atom. The van der Waals surface area contributed by atoms with Gasteiger partial charge in [-0.25, -0.2) is 4.79 Å². The van der Waals surface area contributed by atoms with Crippen LogP contribution in [0.2, 0.25) is 0 Å². The van der Waals surface area contributed by atoms with Gasteiger partial charge >= 0.3 is 5.97 Å². The molecule has 21 heavy (non-hydrogen) atoms. The topological polar surface area (TPSA) is 44.8 Å². The molecule has 0 fully saturated rings. The van der Waals surface area contributed by atoms with Crippen molar-refractivity contribution in [2.24, 2.45) is 0 Å².